The van der Waals surface area contributed by atoms with Crippen molar-refractivity contribution in [3.8, 4) is 0 Å². The van der Waals surface area contributed by atoms with Crippen LogP contribution < -0.4 is 4.57 Å². The minimum atomic E-state index is 1.03. The van der Waals surface area contributed by atoms with Gasteiger partial charge in [-0.15, -0.1) is 0 Å². The lowest BCUT2D eigenvalue weighted by Crippen LogP contribution is -2.28. The van der Waals surface area contributed by atoms with E-state index in [4.69, 9.17) is 0 Å². The lowest BCUT2D eigenvalue weighted by molar-refractivity contribution is -0.657. The summed E-state index contributed by atoms with van der Waals surface area (Å²) in [5, 5.41) is 2.79. The lowest BCUT2D eigenvalue weighted by atomic mass is 10.0. The van der Waals surface area contributed by atoms with Crippen LogP contribution in [-0.4, -0.2) is 4.40 Å². The maximum absolute atomic E-state index is 2.32. The Morgan fingerprint density at radius 1 is 1.20 bits per heavy atom. The predicted octanol–water partition coefficient (Wildman–Crippen LogP) is 2.05. The van der Waals surface area contributed by atoms with Crippen LogP contribution in [0.3, 0.4) is 0 Å². The first-order valence-electron chi connectivity index (χ1n) is 5.26. The zero-order chi connectivity index (χ0) is 9.99. The molecular formula is C13H11N2+. The quantitative estimate of drug-likeness (QED) is 0.379. The Kier molecular flexibility index (Phi) is 1.10. The smallest absolute Gasteiger partial charge is 0.225 e. The molecule has 0 bridgehead atoms. The van der Waals surface area contributed by atoms with Gasteiger partial charge in [0.05, 0.1) is 11.6 Å². The predicted molar refractivity (Wildman–Crippen MR) is 58.9 cm³/mol. The summed E-state index contributed by atoms with van der Waals surface area (Å²) in [6, 6.07) is 6.64. The van der Waals surface area contributed by atoms with Crippen molar-refractivity contribution in [2.45, 2.75) is 13.5 Å². The second kappa shape index (κ2) is 2.22. The van der Waals surface area contributed by atoms with Gasteiger partial charge >= 0.3 is 0 Å². The first kappa shape index (κ1) is 7.46. The van der Waals surface area contributed by atoms with E-state index in [9.17, 15) is 0 Å². The standard InChI is InChI=1S/C13H11N2/c1-9-2-3-10-4-5-14-6-7-15-8-11(9)12(10)13(14)15/h2-7H,8H2,1H3/q+1. The fraction of sp³-hybridized carbons (Fsp3) is 0.154. The van der Waals surface area contributed by atoms with Crippen molar-refractivity contribution in [3.05, 3.63) is 47.9 Å². The highest BCUT2D eigenvalue weighted by molar-refractivity contribution is 5.97. The van der Waals surface area contributed by atoms with Crippen molar-refractivity contribution in [1.29, 1.82) is 0 Å². The Hall–Kier alpha value is -1.83. The van der Waals surface area contributed by atoms with E-state index in [0.717, 1.165) is 6.54 Å². The van der Waals surface area contributed by atoms with E-state index in [-0.39, 0.29) is 0 Å². The van der Waals surface area contributed by atoms with Gasteiger partial charge < -0.3 is 0 Å². The second-order valence-electron chi connectivity index (χ2n) is 4.30. The Morgan fingerprint density at radius 2 is 2.13 bits per heavy atom. The minimum absolute atomic E-state index is 1.03. The molecule has 2 nitrogen and oxygen atoms in total. The van der Waals surface area contributed by atoms with Gasteiger partial charge in [-0.1, -0.05) is 12.1 Å². The van der Waals surface area contributed by atoms with Gasteiger partial charge in [-0.2, -0.15) is 0 Å². The summed E-state index contributed by atoms with van der Waals surface area (Å²) in [4.78, 5) is 0. The van der Waals surface area contributed by atoms with Crippen LogP contribution in [0.5, 0.6) is 0 Å². The molecule has 3 aromatic rings. The van der Waals surface area contributed by atoms with Gasteiger partial charge in [-0.3, -0.25) is 0 Å². The van der Waals surface area contributed by atoms with Crippen LogP contribution in [0.25, 0.3) is 16.4 Å². The highest BCUT2D eigenvalue weighted by atomic mass is 15.1. The number of nitrogens with zero attached hydrogens (tertiary/aromatic N) is 2. The summed E-state index contributed by atoms with van der Waals surface area (Å²) in [5.74, 6) is 0. The van der Waals surface area contributed by atoms with Crippen molar-refractivity contribution < 1.29 is 4.57 Å². The van der Waals surface area contributed by atoms with Crippen LogP contribution in [0.2, 0.25) is 0 Å². The molecule has 72 valence electrons. The normalized spacial score (nSPS) is 13.4. The van der Waals surface area contributed by atoms with E-state index in [1.807, 2.05) is 0 Å². The van der Waals surface area contributed by atoms with E-state index < -0.39 is 0 Å². The summed E-state index contributed by atoms with van der Waals surface area (Å²) in [6.07, 6.45) is 6.42. The van der Waals surface area contributed by atoms with Gasteiger partial charge in [0, 0.05) is 5.56 Å². The molecule has 0 amide bonds. The average molecular weight is 195 g/mol. The summed E-state index contributed by atoms with van der Waals surface area (Å²) in [6.45, 7) is 3.23. The first-order valence-corrected chi connectivity index (χ1v) is 5.26. The van der Waals surface area contributed by atoms with E-state index in [1.165, 1.54) is 27.5 Å². The fourth-order valence-corrected chi connectivity index (χ4v) is 2.67. The number of hydrogen-bond acceptors (Lipinski definition) is 0. The number of pyridine rings is 1. The highest BCUT2D eigenvalue weighted by Crippen LogP contribution is 2.28. The molecule has 15 heavy (non-hydrogen) atoms. The van der Waals surface area contributed by atoms with Crippen LogP contribution in [0.15, 0.2) is 36.8 Å². The summed E-state index contributed by atoms with van der Waals surface area (Å²) >= 11 is 0. The molecule has 0 unspecified atom stereocenters. The molecule has 0 aliphatic carbocycles. The van der Waals surface area contributed by atoms with Gasteiger partial charge in [-0.05, 0) is 23.9 Å². The molecule has 0 atom stereocenters. The maximum atomic E-state index is 2.32. The van der Waals surface area contributed by atoms with Gasteiger partial charge in [0.2, 0.25) is 0 Å². The first-order chi connectivity index (χ1) is 7.34. The van der Waals surface area contributed by atoms with E-state index >= 15 is 0 Å². The lowest BCUT2D eigenvalue weighted by Gasteiger charge is -2.00. The Labute approximate surface area is 87.4 Å². The number of rotatable bonds is 0. The van der Waals surface area contributed by atoms with Gasteiger partial charge in [-0.25, -0.2) is 8.97 Å². The number of benzene rings is 1. The molecule has 0 N–H and O–H groups in total. The molecule has 1 aliphatic heterocycles. The Bertz CT molecular complexity index is 707. The number of aryl methyl sites for hydroxylation is 1. The maximum Gasteiger partial charge on any atom is 0.294 e. The average Bonchev–Trinajstić information content (AvgIpc) is 2.80. The third kappa shape index (κ3) is 0.743. The van der Waals surface area contributed by atoms with E-state index in [2.05, 4.69) is 52.7 Å². The van der Waals surface area contributed by atoms with Crippen molar-refractivity contribution in [2.75, 3.05) is 0 Å². The molecular weight excluding hydrogens is 184 g/mol. The molecule has 0 fully saturated rings. The SMILES string of the molecule is Cc1ccc2ccn3cc[n+]4c3c2c1C4. The van der Waals surface area contributed by atoms with Crippen molar-refractivity contribution in [2.24, 2.45) is 0 Å². The van der Waals surface area contributed by atoms with Crippen molar-refractivity contribution >= 4 is 16.4 Å². The largest absolute Gasteiger partial charge is 0.294 e. The van der Waals surface area contributed by atoms with Crippen LogP contribution in [0.1, 0.15) is 11.1 Å². The summed E-state index contributed by atoms with van der Waals surface area (Å²) in [5.41, 5.74) is 4.23. The zero-order valence-corrected chi connectivity index (χ0v) is 8.57. The zero-order valence-electron chi connectivity index (χ0n) is 8.57. The molecule has 0 radical (unpaired) electrons. The number of hydrogen-bond donors (Lipinski definition) is 0. The summed E-state index contributed by atoms with van der Waals surface area (Å²) in [7, 11) is 0. The van der Waals surface area contributed by atoms with Crippen LogP contribution in [0, 0.1) is 6.92 Å². The van der Waals surface area contributed by atoms with Crippen LogP contribution in [0.4, 0.5) is 0 Å². The molecule has 4 rings (SSSR count). The molecule has 0 saturated carbocycles. The Balaban J connectivity index is 2.42. The van der Waals surface area contributed by atoms with Gasteiger partial charge in [0.25, 0.3) is 5.65 Å². The second-order valence-corrected chi connectivity index (χ2v) is 4.30. The van der Waals surface area contributed by atoms with Crippen molar-refractivity contribution in [3.63, 3.8) is 0 Å². The topological polar surface area (TPSA) is 8.29 Å². The molecule has 3 heterocycles. The minimum Gasteiger partial charge on any atom is -0.225 e. The molecule has 1 aliphatic rings. The fourth-order valence-electron chi connectivity index (χ4n) is 2.67. The highest BCUT2D eigenvalue weighted by Gasteiger charge is 2.24. The number of aromatic nitrogens is 2. The van der Waals surface area contributed by atoms with E-state index in [1.54, 1.807) is 0 Å². The molecule has 1 aromatic carbocycles. The van der Waals surface area contributed by atoms with Crippen LogP contribution >= 0.6 is 0 Å². The summed E-state index contributed by atoms with van der Waals surface area (Å²) < 4.78 is 4.53. The Morgan fingerprint density at radius 3 is 3.07 bits per heavy atom. The third-order valence-corrected chi connectivity index (χ3v) is 3.47. The monoisotopic (exact) mass is 195 g/mol. The van der Waals surface area contributed by atoms with Crippen LogP contribution in [-0.2, 0) is 6.54 Å². The third-order valence-electron chi connectivity index (χ3n) is 3.47. The molecule has 2 aromatic heterocycles. The van der Waals surface area contributed by atoms with E-state index in [0.29, 0.717) is 0 Å². The molecule has 2 heteroatoms. The molecule has 0 spiro atoms. The van der Waals surface area contributed by atoms with Gasteiger partial charge in [0.1, 0.15) is 18.9 Å². The molecule has 0 saturated heterocycles. The van der Waals surface area contributed by atoms with Crippen molar-refractivity contribution in [1.82, 2.24) is 4.40 Å². The number of imidazole rings is 1. The van der Waals surface area contributed by atoms with Gasteiger partial charge in [0.15, 0.2) is 0 Å².